The number of nitrogens with zero attached hydrogens (tertiary/aromatic N) is 2. The van der Waals surface area contributed by atoms with Crippen LogP contribution in [-0.2, 0) is 6.42 Å². The van der Waals surface area contributed by atoms with Crippen molar-refractivity contribution in [2.75, 3.05) is 11.4 Å². The molecule has 6 heteroatoms. The van der Waals surface area contributed by atoms with Crippen LogP contribution in [0.2, 0.25) is 0 Å². The molecule has 2 nitrogen and oxygen atoms in total. The first kappa shape index (κ1) is 10.7. The third kappa shape index (κ3) is 2.09. The number of hydrogen-bond donors (Lipinski definition) is 0. The van der Waals surface area contributed by atoms with Gasteiger partial charge in [0.15, 0.2) is 0 Å². The lowest BCUT2D eigenvalue weighted by Crippen LogP contribution is -2.41. The SMILES string of the molecule is FC(F)(F)N1CCCc2nc(Br)ccc21. The Kier molecular flexibility index (Phi) is 2.62. The Morgan fingerprint density at radius 2 is 2.07 bits per heavy atom. The lowest BCUT2D eigenvalue weighted by molar-refractivity contribution is -0.130. The molecule has 0 unspecified atom stereocenters. The van der Waals surface area contributed by atoms with Gasteiger partial charge in [-0.05, 0) is 40.9 Å². The molecule has 2 heterocycles. The molecule has 0 fully saturated rings. The summed E-state index contributed by atoms with van der Waals surface area (Å²) >= 11 is 3.15. The van der Waals surface area contributed by atoms with Gasteiger partial charge in [0.2, 0.25) is 0 Å². The smallest absolute Gasteiger partial charge is 0.282 e. The van der Waals surface area contributed by atoms with Crippen molar-refractivity contribution >= 4 is 21.6 Å². The molecule has 0 saturated carbocycles. The lowest BCUT2D eigenvalue weighted by atomic mass is 10.1. The molecule has 0 atom stereocenters. The van der Waals surface area contributed by atoms with E-state index in [0.29, 0.717) is 28.0 Å². The average molecular weight is 281 g/mol. The summed E-state index contributed by atoms with van der Waals surface area (Å²) < 4.78 is 38.4. The van der Waals surface area contributed by atoms with E-state index >= 15 is 0 Å². The molecule has 0 saturated heterocycles. The van der Waals surface area contributed by atoms with Crippen molar-refractivity contribution in [3.05, 3.63) is 22.4 Å². The van der Waals surface area contributed by atoms with E-state index < -0.39 is 6.30 Å². The van der Waals surface area contributed by atoms with E-state index in [2.05, 4.69) is 20.9 Å². The molecule has 82 valence electrons. The van der Waals surface area contributed by atoms with Gasteiger partial charge in [0, 0.05) is 6.54 Å². The van der Waals surface area contributed by atoms with Crippen LogP contribution >= 0.6 is 15.9 Å². The molecule has 1 aromatic heterocycles. The molecule has 2 rings (SSSR count). The van der Waals surface area contributed by atoms with E-state index in [-0.39, 0.29) is 12.2 Å². The Bertz CT molecular complexity index is 378. The van der Waals surface area contributed by atoms with E-state index in [1.54, 1.807) is 0 Å². The summed E-state index contributed by atoms with van der Waals surface area (Å²) in [5.41, 5.74) is 0.685. The van der Waals surface area contributed by atoms with Crippen molar-refractivity contribution < 1.29 is 13.2 Å². The van der Waals surface area contributed by atoms with E-state index in [0.717, 1.165) is 0 Å². The maximum absolute atomic E-state index is 12.6. The first-order valence-electron chi connectivity index (χ1n) is 4.48. The number of alkyl halides is 3. The third-order valence-corrected chi connectivity index (χ3v) is 2.75. The highest BCUT2D eigenvalue weighted by Crippen LogP contribution is 2.34. The number of anilines is 1. The molecule has 0 radical (unpaired) electrons. The second-order valence-corrected chi connectivity index (χ2v) is 4.14. The van der Waals surface area contributed by atoms with Gasteiger partial charge >= 0.3 is 6.30 Å². The highest BCUT2D eigenvalue weighted by molar-refractivity contribution is 9.10. The number of aryl methyl sites for hydroxylation is 1. The van der Waals surface area contributed by atoms with Crippen LogP contribution in [-0.4, -0.2) is 17.8 Å². The van der Waals surface area contributed by atoms with Gasteiger partial charge in [-0.15, -0.1) is 0 Å². The van der Waals surface area contributed by atoms with Gasteiger partial charge in [0.05, 0.1) is 11.4 Å². The fourth-order valence-corrected chi connectivity index (χ4v) is 2.03. The lowest BCUT2D eigenvalue weighted by Gasteiger charge is -2.31. The van der Waals surface area contributed by atoms with Gasteiger partial charge in [-0.2, -0.15) is 13.2 Å². The normalized spacial score (nSPS) is 16.4. The number of aromatic nitrogens is 1. The van der Waals surface area contributed by atoms with Gasteiger partial charge in [-0.3, -0.25) is 4.90 Å². The fourth-order valence-electron chi connectivity index (χ4n) is 1.69. The standard InChI is InChI=1S/C9H8BrF3N2/c10-8-4-3-7-6(14-8)2-1-5-15(7)9(11,12)13/h3-4H,1-2,5H2. The second kappa shape index (κ2) is 3.66. The van der Waals surface area contributed by atoms with Gasteiger partial charge in [0.1, 0.15) is 4.60 Å². The monoisotopic (exact) mass is 280 g/mol. The Balaban J connectivity index is 2.43. The second-order valence-electron chi connectivity index (χ2n) is 3.32. The predicted octanol–water partition coefficient (Wildman–Crippen LogP) is 3.12. The minimum Gasteiger partial charge on any atom is -0.282 e. The van der Waals surface area contributed by atoms with Crippen molar-refractivity contribution in [3.63, 3.8) is 0 Å². The first-order chi connectivity index (χ1) is 6.98. The van der Waals surface area contributed by atoms with E-state index in [1.165, 1.54) is 12.1 Å². The topological polar surface area (TPSA) is 16.1 Å². The molecule has 0 aromatic carbocycles. The molecule has 0 spiro atoms. The predicted molar refractivity (Wildman–Crippen MR) is 53.7 cm³/mol. The molecule has 0 amide bonds. The zero-order chi connectivity index (χ0) is 11.1. The Hall–Kier alpha value is -0.780. The molecular weight excluding hydrogens is 273 g/mol. The number of halogens is 4. The van der Waals surface area contributed by atoms with Crippen molar-refractivity contribution in [2.24, 2.45) is 0 Å². The summed E-state index contributed by atoms with van der Waals surface area (Å²) in [6.07, 6.45) is -3.23. The number of pyridine rings is 1. The summed E-state index contributed by atoms with van der Waals surface area (Å²) in [5, 5.41) is 0. The van der Waals surface area contributed by atoms with Crippen molar-refractivity contribution in [1.29, 1.82) is 0 Å². The van der Waals surface area contributed by atoms with Gasteiger partial charge in [-0.25, -0.2) is 4.98 Å². The largest absolute Gasteiger partial charge is 0.484 e. The summed E-state index contributed by atoms with van der Waals surface area (Å²) in [5.74, 6) is 0. The summed E-state index contributed by atoms with van der Waals surface area (Å²) in [7, 11) is 0. The number of hydrogen-bond acceptors (Lipinski definition) is 2. The van der Waals surface area contributed by atoms with Crippen molar-refractivity contribution in [3.8, 4) is 0 Å². The molecule has 15 heavy (non-hydrogen) atoms. The van der Waals surface area contributed by atoms with Crippen LogP contribution in [0.25, 0.3) is 0 Å². The van der Waals surface area contributed by atoms with Gasteiger partial charge in [-0.1, -0.05) is 0 Å². The molecule has 1 aliphatic heterocycles. The van der Waals surface area contributed by atoms with Crippen LogP contribution in [0.15, 0.2) is 16.7 Å². The van der Waals surface area contributed by atoms with Crippen LogP contribution < -0.4 is 4.90 Å². The van der Waals surface area contributed by atoms with Gasteiger partial charge < -0.3 is 0 Å². The minimum atomic E-state index is -4.31. The Morgan fingerprint density at radius 1 is 1.33 bits per heavy atom. The molecule has 0 aliphatic carbocycles. The number of rotatable bonds is 0. The van der Waals surface area contributed by atoms with Crippen LogP contribution in [0, 0.1) is 0 Å². The van der Waals surface area contributed by atoms with E-state index in [4.69, 9.17) is 0 Å². The van der Waals surface area contributed by atoms with E-state index in [9.17, 15) is 13.2 Å². The van der Waals surface area contributed by atoms with Crippen LogP contribution in [0.4, 0.5) is 18.9 Å². The number of fused-ring (bicyclic) bond motifs is 1. The summed E-state index contributed by atoms with van der Waals surface area (Å²) in [6.45, 7) is 0.0137. The fraction of sp³-hybridized carbons (Fsp3) is 0.444. The quantitative estimate of drug-likeness (QED) is 0.536. The molecule has 1 aliphatic rings. The summed E-state index contributed by atoms with van der Waals surface area (Å²) in [6, 6.07) is 2.99. The zero-order valence-corrected chi connectivity index (χ0v) is 9.27. The van der Waals surface area contributed by atoms with E-state index in [1.807, 2.05) is 0 Å². The summed E-state index contributed by atoms with van der Waals surface area (Å²) in [4.78, 5) is 4.50. The highest BCUT2D eigenvalue weighted by atomic mass is 79.9. The molecule has 1 aromatic rings. The average Bonchev–Trinajstić information content (AvgIpc) is 2.15. The zero-order valence-electron chi connectivity index (χ0n) is 7.68. The van der Waals surface area contributed by atoms with Gasteiger partial charge in [0.25, 0.3) is 0 Å². The van der Waals surface area contributed by atoms with Crippen LogP contribution in [0.5, 0.6) is 0 Å². The van der Waals surface area contributed by atoms with Crippen LogP contribution in [0.3, 0.4) is 0 Å². The molecule has 0 bridgehead atoms. The first-order valence-corrected chi connectivity index (χ1v) is 5.27. The highest BCUT2D eigenvalue weighted by Gasteiger charge is 2.39. The van der Waals surface area contributed by atoms with Crippen molar-refractivity contribution in [1.82, 2.24) is 4.98 Å². The maximum atomic E-state index is 12.6. The Labute approximate surface area is 93.2 Å². The minimum absolute atomic E-state index is 0.0137. The molecular formula is C9H8BrF3N2. The Morgan fingerprint density at radius 3 is 2.73 bits per heavy atom. The van der Waals surface area contributed by atoms with Crippen molar-refractivity contribution in [2.45, 2.75) is 19.1 Å². The molecule has 0 N–H and O–H groups in total. The third-order valence-electron chi connectivity index (χ3n) is 2.31. The maximum Gasteiger partial charge on any atom is 0.484 e. The van der Waals surface area contributed by atoms with Crippen LogP contribution in [0.1, 0.15) is 12.1 Å².